The number of benzene rings is 2. The molecule has 1 heterocycles. The van der Waals surface area contributed by atoms with Gasteiger partial charge in [-0.3, -0.25) is 14.9 Å². The molecule has 1 aromatic heterocycles. The lowest BCUT2D eigenvalue weighted by Crippen LogP contribution is -2.37. The Hall–Kier alpha value is -4.29. The Balaban J connectivity index is 1.37. The number of carboxylic acids is 1. The predicted molar refractivity (Wildman–Crippen MR) is 115 cm³/mol. The first-order chi connectivity index (χ1) is 16.5. The van der Waals surface area contributed by atoms with Crippen LogP contribution in [0.1, 0.15) is 27.5 Å². The second-order valence-corrected chi connectivity index (χ2v) is 7.24. The third kappa shape index (κ3) is 4.72. The molecule has 2 amide bonds. The Morgan fingerprint density at radius 2 is 1.71 bits per heavy atom. The summed E-state index contributed by atoms with van der Waals surface area (Å²) in [6, 6.07) is 15.8. The Kier molecular flexibility index (Phi) is 6.80. The number of carbonyl (C=O) groups is 3. The van der Waals surface area contributed by atoms with Crippen molar-refractivity contribution >= 4 is 23.8 Å². The van der Waals surface area contributed by atoms with Gasteiger partial charge in [-0.15, -0.1) is 0 Å². The Morgan fingerprint density at radius 1 is 1.06 bits per heavy atom. The van der Waals surface area contributed by atoms with Crippen molar-refractivity contribution in [2.75, 3.05) is 25.6 Å². The molecule has 1 atom stereocenters. The molecule has 1 aliphatic carbocycles. The molecule has 0 radical (unpaired) electrons. The van der Waals surface area contributed by atoms with E-state index in [1.165, 1.54) is 7.11 Å². The van der Waals surface area contributed by atoms with Crippen molar-refractivity contribution in [1.82, 2.24) is 15.8 Å². The molecule has 176 valence electrons. The minimum absolute atomic E-state index is 0.0487. The minimum Gasteiger partial charge on any atom is -0.479 e. The van der Waals surface area contributed by atoms with Crippen molar-refractivity contribution in [3.63, 3.8) is 0 Å². The fraction of sp³-hybridized carbons (Fsp3) is 0.227. The van der Waals surface area contributed by atoms with Crippen LogP contribution in [-0.4, -0.2) is 59.8 Å². The zero-order valence-corrected chi connectivity index (χ0v) is 17.9. The molecule has 3 aromatic rings. The summed E-state index contributed by atoms with van der Waals surface area (Å²) in [7, 11) is 1.28. The summed E-state index contributed by atoms with van der Waals surface area (Å²) < 4.78 is 14.6. The normalized spacial score (nSPS) is 13.0. The number of amides is 2. The number of rotatable bonds is 9. The highest BCUT2D eigenvalue weighted by molar-refractivity contribution is 5.99. The lowest BCUT2D eigenvalue weighted by atomic mass is 9.98. The number of aromatic nitrogens is 2. The molecule has 0 aliphatic heterocycles. The zero-order chi connectivity index (χ0) is 24.1. The van der Waals surface area contributed by atoms with Gasteiger partial charge in [0, 0.05) is 13.0 Å². The van der Waals surface area contributed by atoms with Crippen LogP contribution in [0.5, 0.6) is 0 Å². The summed E-state index contributed by atoms with van der Waals surface area (Å²) in [4.78, 5) is 40.5. The van der Waals surface area contributed by atoms with Crippen molar-refractivity contribution in [3.05, 3.63) is 65.4 Å². The second-order valence-electron chi connectivity index (χ2n) is 7.24. The molecule has 0 fully saturated rings. The third-order valence-electron chi connectivity index (χ3n) is 5.16. The van der Waals surface area contributed by atoms with E-state index < -0.39 is 29.8 Å². The van der Waals surface area contributed by atoms with Crippen LogP contribution in [0.15, 0.2) is 53.2 Å². The van der Waals surface area contributed by atoms with Gasteiger partial charge in [-0.05, 0) is 32.6 Å². The maximum absolute atomic E-state index is 12.4. The largest absolute Gasteiger partial charge is 0.479 e. The highest BCUT2D eigenvalue weighted by atomic mass is 16.7. The first kappa shape index (κ1) is 22.9. The Labute approximate surface area is 192 Å². The van der Waals surface area contributed by atoms with Gasteiger partial charge in [-0.2, -0.15) is 0 Å². The molecular formula is C22H20N4O8. The monoisotopic (exact) mass is 468 g/mol. The summed E-state index contributed by atoms with van der Waals surface area (Å²) in [6.07, 6.45) is -2.33. The maximum Gasteiger partial charge on any atom is 0.412 e. The number of hydrogen-bond donors (Lipinski definition) is 3. The molecule has 1 aliphatic rings. The molecule has 12 nitrogen and oxygen atoms in total. The van der Waals surface area contributed by atoms with Gasteiger partial charge in [0.2, 0.25) is 17.6 Å². The molecule has 0 saturated heterocycles. The number of nitrogens with zero attached hydrogens (tertiary/aromatic N) is 2. The minimum atomic E-state index is -1.45. The van der Waals surface area contributed by atoms with E-state index in [1.54, 1.807) is 0 Å². The van der Waals surface area contributed by atoms with Gasteiger partial charge in [0.15, 0.2) is 0 Å². The molecule has 0 bridgehead atoms. The first-order valence-corrected chi connectivity index (χ1v) is 10.1. The number of carboxylic acid groups (broad SMARTS) is 1. The number of fused-ring (bicyclic) bond motifs is 3. The van der Waals surface area contributed by atoms with Crippen LogP contribution in [0.3, 0.4) is 0 Å². The second kappa shape index (κ2) is 10.1. The molecule has 34 heavy (non-hydrogen) atoms. The highest BCUT2D eigenvalue weighted by Gasteiger charge is 2.30. The third-order valence-corrected chi connectivity index (χ3v) is 5.16. The fourth-order valence-electron chi connectivity index (χ4n) is 3.63. The predicted octanol–water partition coefficient (Wildman–Crippen LogP) is 2.19. The van der Waals surface area contributed by atoms with Gasteiger partial charge in [0.05, 0.1) is 6.61 Å². The maximum atomic E-state index is 12.4. The first-order valence-electron chi connectivity index (χ1n) is 10.1. The van der Waals surface area contributed by atoms with E-state index in [4.69, 9.17) is 19.4 Å². The van der Waals surface area contributed by atoms with E-state index in [1.807, 2.05) is 54.0 Å². The summed E-state index contributed by atoms with van der Waals surface area (Å²) in [5, 5.41) is 18.2. The molecule has 1 unspecified atom stereocenters. The van der Waals surface area contributed by atoms with Gasteiger partial charge in [-0.25, -0.2) is 19.7 Å². The van der Waals surface area contributed by atoms with Crippen LogP contribution >= 0.6 is 0 Å². The quantitative estimate of drug-likeness (QED) is 0.397. The number of hydrogen-bond acceptors (Lipinski definition) is 9. The summed E-state index contributed by atoms with van der Waals surface area (Å²) in [6.45, 7) is -0.259. The van der Waals surface area contributed by atoms with Crippen LogP contribution in [0.4, 0.5) is 10.6 Å². The molecule has 4 rings (SSSR count). The summed E-state index contributed by atoms with van der Waals surface area (Å²) in [5.41, 5.74) is 5.73. The van der Waals surface area contributed by atoms with Crippen LogP contribution < -0.4 is 10.8 Å². The number of hydroxylamine groups is 1. The summed E-state index contributed by atoms with van der Waals surface area (Å²) >= 11 is 0. The van der Waals surface area contributed by atoms with Crippen molar-refractivity contribution in [1.29, 1.82) is 0 Å². The van der Waals surface area contributed by atoms with Gasteiger partial charge < -0.3 is 14.6 Å². The highest BCUT2D eigenvalue weighted by Crippen LogP contribution is 2.44. The molecule has 0 spiro atoms. The van der Waals surface area contributed by atoms with Gasteiger partial charge in [-0.1, -0.05) is 48.5 Å². The number of carbonyl (C=O) groups excluding carboxylic acids is 2. The topological polar surface area (TPSA) is 162 Å². The van der Waals surface area contributed by atoms with Crippen molar-refractivity contribution in [2.45, 2.75) is 12.0 Å². The average molecular weight is 468 g/mol. The smallest absolute Gasteiger partial charge is 0.412 e. The van der Waals surface area contributed by atoms with Gasteiger partial charge >= 0.3 is 18.0 Å². The summed E-state index contributed by atoms with van der Waals surface area (Å²) in [5.74, 6) is -2.81. The number of nitrogens with one attached hydrogen (secondary N) is 2. The van der Waals surface area contributed by atoms with E-state index in [9.17, 15) is 14.4 Å². The van der Waals surface area contributed by atoms with Crippen molar-refractivity contribution in [2.24, 2.45) is 0 Å². The Bertz CT molecular complexity index is 1170. The number of aliphatic carboxylic acids is 1. The van der Waals surface area contributed by atoms with E-state index in [2.05, 4.69) is 20.3 Å². The molecule has 2 aromatic carbocycles. The van der Waals surface area contributed by atoms with E-state index in [0.717, 1.165) is 22.3 Å². The van der Waals surface area contributed by atoms with E-state index in [-0.39, 0.29) is 24.9 Å². The SMILES string of the molecule is COCC(ONC(=O)c1nonc1NC(=O)OCC1c2ccccc2-c2ccccc21)C(=O)O. The standard InChI is InChI=1S/C22H20N4O8/c1-31-11-17(21(28)29)33-26-20(27)18-19(25-34-24-18)23-22(30)32-10-16-14-8-4-2-6-12(14)13-7-3-5-9-15(13)16/h2-9,16-17H,10-11H2,1H3,(H,26,27)(H,28,29)(H,23,25,30). The number of methoxy groups -OCH3 is 1. The molecule has 0 saturated carbocycles. The molecule has 3 N–H and O–H groups in total. The zero-order valence-electron chi connectivity index (χ0n) is 17.9. The molecular weight excluding hydrogens is 448 g/mol. The number of ether oxygens (including phenoxy) is 2. The van der Waals surface area contributed by atoms with Crippen molar-refractivity contribution < 1.29 is 38.4 Å². The average Bonchev–Trinajstić information content (AvgIpc) is 3.42. The van der Waals surface area contributed by atoms with Crippen LogP contribution in [0, 0.1) is 0 Å². The van der Waals surface area contributed by atoms with Crippen LogP contribution in [0.2, 0.25) is 0 Å². The lowest BCUT2D eigenvalue weighted by molar-refractivity contribution is -0.158. The Morgan fingerprint density at radius 3 is 2.32 bits per heavy atom. The van der Waals surface area contributed by atoms with Crippen LogP contribution in [-0.2, 0) is 19.1 Å². The van der Waals surface area contributed by atoms with Crippen molar-refractivity contribution in [3.8, 4) is 11.1 Å². The molecule has 12 heteroatoms. The van der Waals surface area contributed by atoms with E-state index >= 15 is 0 Å². The van der Waals surface area contributed by atoms with Gasteiger partial charge in [0.1, 0.15) is 6.61 Å². The van der Waals surface area contributed by atoms with E-state index in [0.29, 0.717) is 0 Å². The number of anilines is 1. The fourth-order valence-corrected chi connectivity index (χ4v) is 3.63. The van der Waals surface area contributed by atoms with Gasteiger partial charge in [0.25, 0.3) is 0 Å². The lowest BCUT2D eigenvalue weighted by Gasteiger charge is -2.14. The van der Waals surface area contributed by atoms with Crippen LogP contribution in [0.25, 0.3) is 11.1 Å².